The monoisotopic (exact) mass is 196 g/mol. The number of quaternary nitrogens is 1. The SMILES string of the molecule is COC(=O)[C@H]([NH3+])c1cccc(OC)c1. The quantitative estimate of drug-likeness (QED) is 0.700. The Labute approximate surface area is 82.6 Å². The maximum absolute atomic E-state index is 11.2. The van der Waals surface area contributed by atoms with Crippen LogP contribution in [0.5, 0.6) is 5.75 Å². The molecule has 0 aliphatic rings. The summed E-state index contributed by atoms with van der Waals surface area (Å²) in [7, 11) is 2.93. The number of methoxy groups -OCH3 is 2. The van der Waals surface area contributed by atoms with Gasteiger partial charge in [-0.05, 0) is 12.1 Å². The van der Waals surface area contributed by atoms with Crippen LogP contribution in [0.2, 0.25) is 0 Å². The fraction of sp³-hybridized carbons (Fsp3) is 0.300. The van der Waals surface area contributed by atoms with Crippen molar-refractivity contribution in [2.45, 2.75) is 6.04 Å². The summed E-state index contributed by atoms with van der Waals surface area (Å²) in [5.41, 5.74) is 4.51. The summed E-state index contributed by atoms with van der Waals surface area (Å²) in [6.07, 6.45) is 0. The summed E-state index contributed by atoms with van der Waals surface area (Å²) in [5.74, 6) is 0.360. The lowest BCUT2D eigenvalue weighted by molar-refractivity contribution is -0.414. The molecule has 1 atom stereocenters. The van der Waals surface area contributed by atoms with Crippen LogP contribution in [0.15, 0.2) is 24.3 Å². The summed E-state index contributed by atoms with van der Waals surface area (Å²) in [6, 6.07) is 6.71. The molecule has 0 fully saturated rings. The first-order chi connectivity index (χ1) is 6.69. The van der Waals surface area contributed by atoms with Crippen LogP contribution in [-0.4, -0.2) is 20.2 Å². The first-order valence-electron chi connectivity index (χ1n) is 4.24. The summed E-state index contributed by atoms with van der Waals surface area (Å²) >= 11 is 0. The highest BCUT2D eigenvalue weighted by molar-refractivity contribution is 5.75. The number of hydrogen-bond donors (Lipinski definition) is 1. The molecule has 0 aliphatic heterocycles. The van der Waals surface area contributed by atoms with E-state index in [1.165, 1.54) is 7.11 Å². The Hall–Kier alpha value is -1.55. The molecule has 1 rings (SSSR count). The van der Waals surface area contributed by atoms with Crippen LogP contribution >= 0.6 is 0 Å². The van der Waals surface area contributed by atoms with Gasteiger partial charge >= 0.3 is 5.97 Å². The number of benzene rings is 1. The summed E-state index contributed by atoms with van der Waals surface area (Å²) in [5, 5.41) is 0. The van der Waals surface area contributed by atoms with E-state index >= 15 is 0 Å². The van der Waals surface area contributed by atoms with Crippen LogP contribution in [0.1, 0.15) is 11.6 Å². The van der Waals surface area contributed by atoms with Crippen molar-refractivity contribution < 1.29 is 20.0 Å². The Morgan fingerprint density at radius 3 is 2.71 bits per heavy atom. The summed E-state index contributed by atoms with van der Waals surface area (Å²) < 4.78 is 9.64. The third kappa shape index (κ3) is 2.23. The highest BCUT2D eigenvalue weighted by Crippen LogP contribution is 2.17. The smallest absolute Gasteiger partial charge is 0.369 e. The van der Waals surface area contributed by atoms with E-state index in [4.69, 9.17) is 4.74 Å². The highest BCUT2D eigenvalue weighted by atomic mass is 16.5. The molecule has 0 aliphatic carbocycles. The first-order valence-corrected chi connectivity index (χ1v) is 4.24. The van der Waals surface area contributed by atoms with Gasteiger partial charge in [-0.15, -0.1) is 0 Å². The average Bonchev–Trinajstić information content (AvgIpc) is 2.27. The fourth-order valence-corrected chi connectivity index (χ4v) is 1.14. The zero-order valence-electron chi connectivity index (χ0n) is 8.32. The molecule has 0 amide bonds. The topological polar surface area (TPSA) is 63.2 Å². The van der Waals surface area contributed by atoms with Gasteiger partial charge in [-0.25, -0.2) is 4.79 Å². The Morgan fingerprint density at radius 2 is 2.14 bits per heavy atom. The minimum absolute atomic E-state index is 0.349. The fourth-order valence-electron chi connectivity index (χ4n) is 1.14. The van der Waals surface area contributed by atoms with Crippen molar-refractivity contribution in [3.05, 3.63) is 29.8 Å². The van der Waals surface area contributed by atoms with Gasteiger partial charge < -0.3 is 15.2 Å². The zero-order valence-corrected chi connectivity index (χ0v) is 8.32. The van der Waals surface area contributed by atoms with Crippen LogP contribution in [0, 0.1) is 0 Å². The minimum atomic E-state index is -0.505. The van der Waals surface area contributed by atoms with E-state index in [-0.39, 0.29) is 5.97 Å². The lowest BCUT2D eigenvalue weighted by Gasteiger charge is -2.07. The molecule has 4 heteroatoms. The van der Waals surface area contributed by atoms with Crippen molar-refractivity contribution in [2.24, 2.45) is 0 Å². The Balaban J connectivity index is 2.89. The standard InChI is InChI=1S/C10H13NO3/c1-13-8-5-3-4-7(6-8)9(11)10(12)14-2/h3-6,9H,11H2,1-2H3/p+1/t9-/m1/s1. The lowest BCUT2D eigenvalue weighted by Crippen LogP contribution is -2.57. The van der Waals surface area contributed by atoms with E-state index in [0.29, 0.717) is 5.75 Å². The molecular formula is C10H14NO3+. The van der Waals surface area contributed by atoms with E-state index in [1.807, 2.05) is 18.2 Å². The molecule has 76 valence electrons. The Bertz CT molecular complexity index is 325. The summed E-state index contributed by atoms with van der Waals surface area (Å²) in [4.78, 5) is 11.2. The van der Waals surface area contributed by atoms with E-state index < -0.39 is 6.04 Å². The molecular weight excluding hydrogens is 182 g/mol. The van der Waals surface area contributed by atoms with E-state index in [2.05, 4.69) is 10.5 Å². The van der Waals surface area contributed by atoms with Gasteiger partial charge in [-0.1, -0.05) is 12.1 Å². The molecule has 4 nitrogen and oxygen atoms in total. The molecule has 1 aromatic rings. The van der Waals surface area contributed by atoms with E-state index in [9.17, 15) is 4.79 Å². The van der Waals surface area contributed by atoms with Crippen LogP contribution in [-0.2, 0) is 9.53 Å². The number of rotatable bonds is 3. The number of carbonyl (C=O) groups is 1. The van der Waals surface area contributed by atoms with Crippen LogP contribution < -0.4 is 10.5 Å². The van der Waals surface area contributed by atoms with Crippen molar-refractivity contribution in [3.63, 3.8) is 0 Å². The lowest BCUT2D eigenvalue weighted by atomic mass is 10.1. The van der Waals surface area contributed by atoms with Gasteiger partial charge in [0.2, 0.25) is 6.04 Å². The number of carbonyl (C=O) groups excluding carboxylic acids is 1. The molecule has 1 aromatic carbocycles. The molecule has 0 saturated carbocycles. The number of hydrogen-bond acceptors (Lipinski definition) is 3. The molecule has 0 unspecified atom stereocenters. The molecule has 3 N–H and O–H groups in total. The van der Waals surface area contributed by atoms with Crippen LogP contribution in [0.25, 0.3) is 0 Å². The Kier molecular flexibility index (Phi) is 3.48. The van der Waals surface area contributed by atoms with Crippen molar-refractivity contribution in [2.75, 3.05) is 14.2 Å². The van der Waals surface area contributed by atoms with E-state index in [1.54, 1.807) is 13.2 Å². The average molecular weight is 196 g/mol. The van der Waals surface area contributed by atoms with Crippen molar-refractivity contribution in [1.29, 1.82) is 0 Å². The maximum atomic E-state index is 11.2. The normalized spacial score (nSPS) is 11.9. The molecule has 0 bridgehead atoms. The van der Waals surface area contributed by atoms with Crippen LogP contribution in [0.3, 0.4) is 0 Å². The van der Waals surface area contributed by atoms with Gasteiger partial charge in [0, 0.05) is 5.56 Å². The third-order valence-corrected chi connectivity index (χ3v) is 1.98. The molecule has 0 spiro atoms. The summed E-state index contributed by atoms with van der Waals surface area (Å²) in [6.45, 7) is 0. The number of ether oxygens (including phenoxy) is 2. The van der Waals surface area contributed by atoms with Crippen molar-refractivity contribution in [3.8, 4) is 5.75 Å². The Morgan fingerprint density at radius 1 is 1.43 bits per heavy atom. The molecule has 14 heavy (non-hydrogen) atoms. The first kappa shape index (κ1) is 10.5. The van der Waals surface area contributed by atoms with Gasteiger partial charge in [-0.3, -0.25) is 0 Å². The molecule has 0 heterocycles. The van der Waals surface area contributed by atoms with Gasteiger partial charge in [-0.2, -0.15) is 0 Å². The second kappa shape index (κ2) is 4.62. The number of esters is 1. The zero-order chi connectivity index (χ0) is 10.6. The molecule has 0 radical (unpaired) electrons. The van der Waals surface area contributed by atoms with Gasteiger partial charge in [0.1, 0.15) is 5.75 Å². The molecule has 0 aromatic heterocycles. The van der Waals surface area contributed by atoms with Crippen molar-refractivity contribution in [1.82, 2.24) is 0 Å². The second-order valence-corrected chi connectivity index (χ2v) is 2.85. The van der Waals surface area contributed by atoms with Gasteiger partial charge in [0.15, 0.2) is 0 Å². The van der Waals surface area contributed by atoms with E-state index in [0.717, 1.165) is 5.56 Å². The minimum Gasteiger partial charge on any atom is -0.497 e. The van der Waals surface area contributed by atoms with Gasteiger partial charge in [0.25, 0.3) is 0 Å². The van der Waals surface area contributed by atoms with Crippen LogP contribution in [0.4, 0.5) is 0 Å². The maximum Gasteiger partial charge on any atom is 0.369 e. The highest BCUT2D eigenvalue weighted by Gasteiger charge is 2.20. The third-order valence-electron chi connectivity index (χ3n) is 1.98. The predicted octanol–water partition coefficient (Wildman–Crippen LogP) is 0.151. The predicted molar refractivity (Wildman–Crippen MR) is 50.6 cm³/mol. The molecule has 0 saturated heterocycles. The van der Waals surface area contributed by atoms with Gasteiger partial charge in [0.05, 0.1) is 14.2 Å². The second-order valence-electron chi connectivity index (χ2n) is 2.85. The largest absolute Gasteiger partial charge is 0.497 e. The van der Waals surface area contributed by atoms with Crippen molar-refractivity contribution >= 4 is 5.97 Å².